The Morgan fingerprint density at radius 1 is 1.14 bits per heavy atom. The van der Waals surface area contributed by atoms with E-state index in [0.717, 1.165) is 42.7 Å². The van der Waals surface area contributed by atoms with E-state index in [1.165, 1.54) is 0 Å². The summed E-state index contributed by atoms with van der Waals surface area (Å²) in [6, 6.07) is 6.01. The fourth-order valence-corrected chi connectivity index (χ4v) is 2.60. The van der Waals surface area contributed by atoms with Gasteiger partial charge >= 0.3 is 0 Å². The van der Waals surface area contributed by atoms with Gasteiger partial charge in [-0.1, -0.05) is 31.0 Å². The molecule has 1 fully saturated rings. The van der Waals surface area contributed by atoms with Crippen LogP contribution in [-0.2, 0) is 9.47 Å². The van der Waals surface area contributed by atoms with Crippen LogP contribution < -0.4 is 0 Å². The van der Waals surface area contributed by atoms with Crippen LogP contribution in [0.1, 0.15) is 54.6 Å². The summed E-state index contributed by atoms with van der Waals surface area (Å²) in [6.45, 7) is 9.76. The molecule has 0 unspecified atom stereocenters. The third-order valence-electron chi connectivity index (χ3n) is 3.71. The van der Waals surface area contributed by atoms with Gasteiger partial charge in [0.2, 0.25) is 0 Å². The maximum atomic E-state index is 12.2. The molecule has 0 aliphatic carbocycles. The number of aryl methyl sites for hydroxylation is 2. The minimum atomic E-state index is -0.148. The standard InChI is InChI=1S/C18H26O3/c1-13-8-14(2)10-15(9-13)16(19)6-5-7-17-20-11-18(3,4)12-21-17/h8-10,17H,5-7,11-12H2,1-4H3. The van der Waals surface area contributed by atoms with Gasteiger partial charge in [0.15, 0.2) is 12.1 Å². The predicted molar refractivity (Wildman–Crippen MR) is 83.6 cm³/mol. The number of ketones is 1. The molecule has 1 saturated heterocycles. The first-order chi connectivity index (χ1) is 9.85. The Kier molecular flexibility index (Phi) is 5.17. The maximum Gasteiger partial charge on any atom is 0.162 e. The van der Waals surface area contributed by atoms with Crippen molar-refractivity contribution in [1.29, 1.82) is 0 Å². The summed E-state index contributed by atoms with van der Waals surface area (Å²) in [6.07, 6.45) is 1.99. The molecule has 1 aliphatic heterocycles. The van der Waals surface area contributed by atoms with Crippen LogP contribution in [0.15, 0.2) is 18.2 Å². The number of carbonyl (C=O) groups is 1. The lowest BCUT2D eigenvalue weighted by atomic mass is 9.95. The molecule has 1 heterocycles. The first kappa shape index (κ1) is 16.2. The van der Waals surface area contributed by atoms with Crippen molar-refractivity contribution in [3.05, 3.63) is 34.9 Å². The highest BCUT2D eigenvalue weighted by atomic mass is 16.7. The third kappa shape index (κ3) is 4.94. The number of ether oxygens (including phenoxy) is 2. The summed E-state index contributed by atoms with van der Waals surface area (Å²) >= 11 is 0. The SMILES string of the molecule is Cc1cc(C)cc(C(=O)CCCC2OCC(C)(C)CO2)c1. The third-order valence-corrected chi connectivity index (χ3v) is 3.71. The van der Waals surface area contributed by atoms with E-state index in [-0.39, 0.29) is 17.5 Å². The number of Topliss-reactive ketones (excluding diaryl/α,β-unsaturated/α-hetero) is 1. The van der Waals surface area contributed by atoms with E-state index < -0.39 is 0 Å². The van der Waals surface area contributed by atoms with E-state index in [0.29, 0.717) is 6.42 Å². The van der Waals surface area contributed by atoms with Crippen molar-refractivity contribution in [2.45, 2.75) is 53.2 Å². The number of carbonyl (C=O) groups excluding carboxylic acids is 1. The lowest BCUT2D eigenvalue weighted by Crippen LogP contribution is -2.37. The highest BCUT2D eigenvalue weighted by Crippen LogP contribution is 2.25. The van der Waals surface area contributed by atoms with Crippen LogP contribution in [0, 0.1) is 19.3 Å². The molecular weight excluding hydrogens is 264 g/mol. The zero-order valence-electron chi connectivity index (χ0n) is 13.6. The zero-order chi connectivity index (χ0) is 15.5. The van der Waals surface area contributed by atoms with Crippen LogP contribution >= 0.6 is 0 Å². The van der Waals surface area contributed by atoms with Crippen LogP contribution in [0.25, 0.3) is 0 Å². The maximum absolute atomic E-state index is 12.2. The van der Waals surface area contributed by atoms with Gasteiger partial charge in [0.25, 0.3) is 0 Å². The first-order valence-electron chi connectivity index (χ1n) is 7.70. The molecule has 3 nitrogen and oxygen atoms in total. The van der Waals surface area contributed by atoms with Gasteiger partial charge in [-0.3, -0.25) is 4.79 Å². The molecule has 21 heavy (non-hydrogen) atoms. The topological polar surface area (TPSA) is 35.5 Å². The molecule has 0 bridgehead atoms. The first-order valence-corrected chi connectivity index (χ1v) is 7.70. The van der Waals surface area contributed by atoms with Crippen LogP contribution in [0.4, 0.5) is 0 Å². The fourth-order valence-electron chi connectivity index (χ4n) is 2.60. The lowest BCUT2D eigenvalue weighted by Gasteiger charge is -2.34. The van der Waals surface area contributed by atoms with Gasteiger partial charge in [0.1, 0.15) is 0 Å². The molecule has 0 N–H and O–H groups in total. The Balaban J connectivity index is 1.77. The highest BCUT2D eigenvalue weighted by molar-refractivity contribution is 5.96. The molecule has 1 aromatic rings. The molecule has 0 aromatic heterocycles. The van der Waals surface area contributed by atoms with E-state index in [4.69, 9.17) is 9.47 Å². The van der Waals surface area contributed by atoms with Crippen molar-refractivity contribution >= 4 is 5.78 Å². The quantitative estimate of drug-likeness (QED) is 0.767. The summed E-state index contributed by atoms with van der Waals surface area (Å²) in [7, 11) is 0. The zero-order valence-corrected chi connectivity index (χ0v) is 13.6. The summed E-state index contributed by atoms with van der Waals surface area (Å²) in [5.41, 5.74) is 3.20. The summed E-state index contributed by atoms with van der Waals surface area (Å²) in [5, 5.41) is 0. The number of hydrogen-bond acceptors (Lipinski definition) is 3. The number of benzene rings is 1. The van der Waals surface area contributed by atoms with Crippen LogP contribution in [0.3, 0.4) is 0 Å². The molecular formula is C18H26O3. The minimum absolute atomic E-state index is 0.103. The van der Waals surface area contributed by atoms with Crippen LogP contribution in [0.5, 0.6) is 0 Å². The highest BCUT2D eigenvalue weighted by Gasteiger charge is 2.28. The van der Waals surface area contributed by atoms with Gasteiger partial charge < -0.3 is 9.47 Å². The van der Waals surface area contributed by atoms with E-state index in [2.05, 4.69) is 19.9 Å². The van der Waals surface area contributed by atoms with Gasteiger partial charge in [-0.2, -0.15) is 0 Å². The second-order valence-electron chi connectivity index (χ2n) is 6.91. The molecule has 0 amide bonds. The van der Waals surface area contributed by atoms with Gasteiger partial charge in [-0.25, -0.2) is 0 Å². The molecule has 3 heteroatoms. The molecule has 1 aromatic carbocycles. The van der Waals surface area contributed by atoms with E-state index >= 15 is 0 Å². The molecule has 0 spiro atoms. The summed E-state index contributed by atoms with van der Waals surface area (Å²) in [4.78, 5) is 12.2. The van der Waals surface area contributed by atoms with Crippen molar-refractivity contribution in [2.24, 2.45) is 5.41 Å². The number of hydrogen-bond donors (Lipinski definition) is 0. The minimum Gasteiger partial charge on any atom is -0.352 e. The molecule has 1 aliphatic rings. The largest absolute Gasteiger partial charge is 0.352 e. The normalized spacial score (nSPS) is 18.7. The van der Waals surface area contributed by atoms with E-state index in [9.17, 15) is 4.79 Å². The van der Waals surface area contributed by atoms with E-state index in [1.54, 1.807) is 0 Å². The Morgan fingerprint density at radius 3 is 2.29 bits per heavy atom. The Bertz CT molecular complexity index is 475. The second-order valence-corrected chi connectivity index (χ2v) is 6.91. The Hall–Kier alpha value is -1.19. The van der Waals surface area contributed by atoms with Crippen molar-refractivity contribution in [1.82, 2.24) is 0 Å². The van der Waals surface area contributed by atoms with Gasteiger partial charge in [-0.05, 0) is 38.8 Å². The monoisotopic (exact) mass is 290 g/mol. The molecule has 0 atom stereocenters. The van der Waals surface area contributed by atoms with Crippen LogP contribution in [0.2, 0.25) is 0 Å². The summed E-state index contributed by atoms with van der Waals surface area (Å²) < 4.78 is 11.4. The molecule has 116 valence electrons. The van der Waals surface area contributed by atoms with Crippen molar-refractivity contribution < 1.29 is 14.3 Å². The average Bonchev–Trinajstić information content (AvgIpc) is 2.39. The second kappa shape index (κ2) is 6.71. The van der Waals surface area contributed by atoms with E-state index in [1.807, 2.05) is 26.0 Å². The predicted octanol–water partition coefficient (Wildman–Crippen LogP) is 4.06. The molecule has 2 rings (SSSR count). The van der Waals surface area contributed by atoms with Crippen LogP contribution in [-0.4, -0.2) is 25.3 Å². The lowest BCUT2D eigenvalue weighted by molar-refractivity contribution is -0.223. The number of rotatable bonds is 5. The van der Waals surface area contributed by atoms with Crippen molar-refractivity contribution in [3.8, 4) is 0 Å². The Labute approximate surface area is 127 Å². The molecule has 0 saturated carbocycles. The Morgan fingerprint density at radius 2 is 1.71 bits per heavy atom. The smallest absolute Gasteiger partial charge is 0.162 e. The van der Waals surface area contributed by atoms with Gasteiger partial charge in [0, 0.05) is 17.4 Å². The average molecular weight is 290 g/mol. The van der Waals surface area contributed by atoms with Crippen molar-refractivity contribution in [2.75, 3.05) is 13.2 Å². The van der Waals surface area contributed by atoms with Gasteiger partial charge in [-0.15, -0.1) is 0 Å². The van der Waals surface area contributed by atoms with Crippen molar-refractivity contribution in [3.63, 3.8) is 0 Å². The summed E-state index contributed by atoms with van der Waals surface area (Å²) in [5.74, 6) is 0.206. The fraction of sp³-hybridized carbons (Fsp3) is 0.611. The molecule has 0 radical (unpaired) electrons. The van der Waals surface area contributed by atoms with Gasteiger partial charge in [0.05, 0.1) is 13.2 Å².